The van der Waals surface area contributed by atoms with Crippen molar-refractivity contribution in [1.29, 1.82) is 0 Å². The lowest BCUT2D eigenvalue weighted by Crippen LogP contribution is -2.61. The number of hydrogen-bond donors (Lipinski definition) is 0. The van der Waals surface area contributed by atoms with Gasteiger partial charge in [0.1, 0.15) is 11.5 Å². The van der Waals surface area contributed by atoms with Gasteiger partial charge in [0, 0.05) is 12.1 Å². The van der Waals surface area contributed by atoms with Gasteiger partial charge in [0.05, 0.1) is 30.4 Å². The predicted molar refractivity (Wildman–Crippen MR) is 134 cm³/mol. The minimum Gasteiger partial charge on any atom is -0.469 e. The minimum absolute atomic E-state index is 0.0347. The van der Waals surface area contributed by atoms with Crippen LogP contribution in [-0.2, 0) is 17.9 Å². The van der Waals surface area contributed by atoms with Crippen molar-refractivity contribution >= 4 is 17.7 Å². The van der Waals surface area contributed by atoms with Crippen LogP contribution >= 0.6 is 11.8 Å². The fourth-order valence-electron chi connectivity index (χ4n) is 7.18. The molecule has 0 unspecified atom stereocenters. The molecule has 3 aromatic rings. The van der Waals surface area contributed by atoms with E-state index in [0.29, 0.717) is 18.8 Å². The number of aryl methyl sites for hydroxylation is 1. The maximum atomic E-state index is 13.9. The highest BCUT2D eigenvalue weighted by Crippen LogP contribution is 2.58. The molecule has 0 aromatic carbocycles. The number of allylic oxidation sites excluding steroid dienone is 1. The Hall–Kier alpha value is -2.74. The van der Waals surface area contributed by atoms with Crippen molar-refractivity contribution in [3.8, 4) is 11.4 Å². The Morgan fingerprint density at radius 2 is 1.91 bits per heavy atom. The number of rotatable bonds is 9. The standard InChI is InChI=1S/C27H32N4O3S/c1-3-7-30-25(23-6-9-33-18(23)2)28-29-26(30)35-17-24(32)31(16-22-5-4-8-34-22)27-13-19-10-20(14-27)12-21(11-19)15-27/h3-6,8-9,19-21H,1,7,10-17H2,2H3. The molecule has 35 heavy (non-hydrogen) atoms. The number of amides is 1. The molecule has 7 rings (SSSR count). The molecule has 4 fully saturated rings. The van der Waals surface area contributed by atoms with Crippen molar-refractivity contribution in [3.63, 3.8) is 0 Å². The van der Waals surface area contributed by atoms with Crippen LogP contribution in [0, 0.1) is 24.7 Å². The van der Waals surface area contributed by atoms with Crippen molar-refractivity contribution in [2.45, 2.75) is 69.2 Å². The van der Waals surface area contributed by atoms with Crippen LogP contribution in [-0.4, -0.2) is 36.9 Å². The van der Waals surface area contributed by atoms with Gasteiger partial charge in [0.15, 0.2) is 11.0 Å². The second-order valence-electron chi connectivity index (χ2n) is 10.6. The summed E-state index contributed by atoms with van der Waals surface area (Å²) in [4.78, 5) is 16.1. The number of nitrogens with zero attached hydrogens (tertiary/aromatic N) is 4. The van der Waals surface area contributed by atoms with Crippen LogP contribution in [0.15, 0.2) is 57.4 Å². The zero-order valence-electron chi connectivity index (χ0n) is 20.2. The Labute approximate surface area is 210 Å². The zero-order valence-corrected chi connectivity index (χ0v) is 21.0. The topological polar surface area (TPSA) is 77.3 Å². The van der Waals surface area contributed by atoms with Gasteiger partial charge in [0.2, 0.25) is 5.91 Å². The van der Waals surface area contributed by atoms with Gasteiger partial charge in [-0.05, 0) is 81.4 Å². The number of hydrogen-bond acceptors (Lipinski definition) is 6. The summed E-state index contributed by atoms with van der Waals surface area (Å²) >= 11 is 1.45. The molecule has 184 valence electrons. The fraction of sp³-hybridized carbons (Fsp3) is 0.519. The van der Waals surface area contributed by atoms with Crippen molar-refractivity contribution in [2.75, 3.05) is 5.75 Å². The lowest BCUT2D eigenvalue weighted by Gasteiger charge is -2.60. The first-order valence-electron chi connectivity index (χ1n) is 12.6. The summed E-state index contributed by atoms with van der Waals surface area (Å²) in [6.07, 6.45) is 12.6. The van der Waals surface area contributed by atoms with Crippen molar-refractivity contribution in [2.24, 2.45) is 17.8 Å². The SMILES string of the molecule is C=CCn1c(SCC(=O)N(Cc2ccco2)C23CC4CC(CC(C4)C2)C3)nnc1-c1ccoc1C. The molecule has 0 atom stereocenters. The van der Waals surface area contributed by atoms with E-state index in [2.05, 4.69) is 21.7 Å². The quantitative estimate of drug-likeness (QED) is 0.281. The molecule has 0 N–H and O–H groups in total. The number of thioether (sulfide) groups is 1. The maximum absolute atomic E-state index is 13.9. The average Bonchev–Trinajstić information content (AvgIpc) is 3.57. The van der Waals surface area contributed by atoms with Crippen molar-refractivity contribution in [3.05, 3.63) is 54.9 Å². The highest BCUT2D eigenvalue weighted by molar-refractivity contribution is 7.99. The summed E-state index contributed by atoms with van der Waals surface area (Å²) in [5, 5.41) is 9.57. The first-order valence-corrected chi connectivity index (χ1v) is 13.6. The van der Waals surface area contributed by atoms with E-state index in [9.17, 15) is 4.79 Å². The molecule has 1 amide bonds. The minimum atomic E-state index is -0.0347. The Morgan fingerprint density at radius 3 is 2.51 bits per heavy atom. The van der Waals surface area contributed by atoms with Crippen LogP contribution in [0.1, 0.15) is 50.0 Å². The molecule has 0 aliphatic heterocycles. The smallest absolute Gasteiger partial charge is 0.233 e. The van der Waals surface area contributed by atoms with Gasteiger partial charge >= 0.3 is 0 Å². The molecular weight excluding hydrogens is 460 g/mol. The molecule has 8 heteroatoms. The van der Waals surface area contributed by atoms with E-state index < -0.39 is 0 Å². The number of carbonyl (C=O) groups is 1. The second kappa shape index (κ2) is 9.04. The molecule has 4 bridgehead atoms. The molecule has 3 heterocycles. The van der Waals surface area contributed by atoms with Gasteiger partial charge in [-0.2, -0.15) is 0 Å². The van der Waals surface area contributed by atoms with Crippen LogP contribution in [0.3, 0.4) is 0 Å². The summed E-state index contributed by atoms with van der Waals surface area (Å²) in [6.45, 7) is 6.91. The molecule has 7 nitrogen and oxygen atoms in total. The molecule has 4 saturated carbocycles. The average molecular weight is 493 g/mol. The molecular formula is C27H32N4O3S. The summed E-state index contributed by atoms with van der Waals surface area (Å²) in [7, 11) is 0. The Balaban J connectivity index is 1.25. The van der Waals surface area contributed by atoms with E-state index in [-0.39, 0.29) is 11.4 Å². The Kier molecular flexibility index (Phi) is 5.87. The van der Waals surface area contributed by atoms with E-state index in [4.69, 9.17) is 8.83 Å². The molecule has 0 spiro atoms. The summed E-state index contributed by atoms with van der Waals surface area (Å²) in [6, 6.07) is 5.79. The van der Waals surface area contributed by atoms with Crippen LogP contribution in [0.25, 0.3) is 11.4 Å². The van der Waals surface area contributed by atoms with Crippen molar-refractivity contribution < 1.29 is 13.6 Å². The highest BCUT2D eigenvalue weighted by atomic mass is 32.2. The van der Waals surface area contributed by atoms with E-state index in [1.165, 1.54) is 31.0 Å². The maximum Gasteiger partial charge on any atom is 0.233 e. The summed E-state index contributed by atoms with van der Waals surface area (Å²) in [5.74, 6) is 5.14. The van der Waals surface area contributed by atoms with Gasteiger partial charge in [-0.3, -0.25) is 9.36 Å². The highest BCUT2D eigenvalue weighted by Gasteiger charge is 2.54. The molecule has 4 aliphatic rings. The lowest BCUT2D eigenvalue weighted by atomic mass is 9.52. The van der Waals surface area contributed by atoms with Crippen LogP contribution in [0.5, 0.6) is 0 Å². The molecule has 3 aromatic heterocycles. The molecule has 0 saturated heterocycles. The summed E-state index contributed by atoms with van der Waals surface area (Å²) < 4.78 is 13.2. The van der Waals surface area contributed by atoms with E-state index >= 15 is 0 Å². The second-order valence-corrected chi connectivity index (χ2v) is 11.5. The van der Waals surface area contributed by atoms with Gasteiger partial charge in [0.25, 0.3) is 0 Å². The van der Waals surface area contributed by atoms with Crippen molar-refractivity contribution in [1.82, 2.24) is 19.7 Å². The van der Waals surface area contributed by atoms with Gasteiger partial charge in [-0.25, -0.2) is 0 Å². The first-order chi connectivity index (χ1) is 17.0. The number of aromatic nitrogens is 3. The molecule has 0 radical (unpaired) electrons. The Bertz CT molecular complexity index is 1180. The van der Waals surface area contributed by atoms with E-state index in [1.807, 2.05) is 35.8 Å². The number of carbonyl (C=O) groups excluding carboxylic acids is 1. The Morgan fingerprint density at radius 1 is 1.17 bits per heavy atom. The third-order valence-electron chi connectivity index (χ3n) is 8.23. The summed E-state index contributed by atoms with van der Waals surface area (Å²) in [5.41, 5.74) is 0.873. The van der Waals surface area contributed by atoms with Crippen LogP contribution in [0.2, 0.25) is 0 Å². The van der Waals surface area contributed by atoms with E-state index in [0.717, 1.165) is 65.1 Å². The lowest BCUT2D eigenvalue weighted by molar-refractivity contribution is -0.150. The normalized spacial score (nSPS) is 26.8. The third kappa shape index (κ3) is 4.15. The van der Waals surface area contributed by atoms with Crippen LogP contribution < -0.4 is 0 Å². The largest absolute Gasteiger partial charge is 0.469 e. The fourth-order valence-corrected chi connectivity index (χ4v) is 8.01. The predicted octanol–water partition coefficient (Wildman–Crippen LogP) is 5.72. The monoisotopic (exact) mass is 492 g/mol. The zero-order chi connectivity index (χ0) is 24.0. The van der Waals surface area contributed by atoms with E-state index in [1.54, 1.807) is 12.5 Å². The first kappa shape index (κ1) is 22.7. The molecule has 4 aliphatic carbocycles. The van der Waals surface area contributed by atoms with Gasteiger partial charge < -0.3 is 13.7 Å². The number of furan rings is 2. The third-order valence-corrected chi connectivity index (χ3v) is 9.18. The van der Waals surface area contributed by atoms with Gasteiger partial charge in [-0.1, -0.05) is 17.8 Å². The van der Waals surface area contributed by atoms with Crippen LogP contribution in [0.4, 0.5) is 0 Å². The van der Waals surface area contributed by atoms with Gasteiger partial charge in [-0.15, -0.1) is 16.8 Å².